The van der Waals surface area contributed by atoms with Crippen molar-refractivity contribution in [3.05, 3.63) is 47.5 Å². The van der Waals surface area contributed by atoms with Gasteiger partial charge in [0.05, 0.1) is 17.9 Å². The molecule has 0 aromatic carbocycles. The van der Waals surface area contributed by atoms with E-state index in [9.17, 15) is 4.79 Å². The maximum atomic E-state index is 12.4. The topological polar surface area (TPSA) is 39.4 Å². The lowest BCUT2D eigenvalue weighted by Crippen LogP contribution is -2.22. The van der Waals surface area contributed by atoms with Crippen molar-refractivity contribution in [2.45, 2.75) is 32.8 Å². The summed E-state index contributed by atoms with van der Waals surface area (Å²) in [6, 6.07) is 0. The molecule has 2 atom stereocenters. The number of fused-ring (bicyclic) bond motifs is 1. The second kappa shape index (κ2) is 5.57. The van der Waals surface area contributed by atoms with Crippen LogP contribution in [-0.4, -0.2) is 19.0 Å². The molecule has 0 fully saturated rings. The average Bonchev–Trinajstić information content (AvgIpc) is 2.70. The fraction of sp³-hybridized carbons (Fsp3) is 0.438. The third kappa shape index (κ3) is 2.87. The molecule has 1 aliphatic rings. The molecule has 2 rings (SSSR count). The van der Waals surface area contributed by atoms with E-state index in [0.717, 1.165) is 22.5 Å². The van der Waals surface area contributed by atoms with E-state index in [1.807, 2.05) is 26.0 Å². The van der Waals surface area contributed by atoms with E-state index in [2.05, 4.69) is 6.58 Å². The van der Waals surface area contributed by atoms with E-state index in [1.54, 1.807) is 13.4 Å². The van der Waals surface area contributed by atoms with Gasteiger partial charge in [0.15, 0.2) is 5.78 Å². The van der Waals surface area contributed by atoms with Gasteiger partial charge in [-0.1, -0.05) is 25.7 Å². The van der Waals surface area contributed by atoms with Gasteiger partial charge in [0.2, 0.25) is 0 Å². The Bertz CT molecular complexity index is 522. The Labute approximate surface area is 113 Å². The summed E-state index contributed by atoms with van der Waals surface area (Å²) in [6.45, 7) is 7.93. The lowest BCUT2D eigenvalue weighted by molar-refractivity contribution is 0.0772. The van der Waals surface area contributed by atoms with Crippen LogP contribution in [0, 0.1) is 12.8 Å². The van der Waals surface area contributed by atoms with Gasteiger partial charge in [-0.05, 0) is 24.0 Å². The molecule has 0 amide bonds. The number of hydrogen-bond acceptors (Lipinski definition) is 3. The van der Waals surface area contributed by atoms with E-state index in [4.69, 9.17) is 9.15 Å². The number of ether oxygens (including phenoxy) is 1. The van der Waals surface area contributed by atoms with Gasteiger partial charge in [0, 0.05) is 20.0 Å². The summed E-state index contributed by atoms with van der Waals surface area (Å²) in [4.78, 5) is 12.4. The van der Waals surface area contributed by atoms with Gasteiger partial charge in [-0.3, -0.25) is 4.79 Å². The molecule has 0 unspecified atom stereocenters. The van der Waals surface area contributed by atoms with Crippen molar-refractivity contribution >= 4 is 5.78 Å². The van der Waals surface area contributed by atoms with E-state index in [1.165, 1.54) is 0 Å². The summed E-state index contributed by atoms with van der Waals surface area (Å²) >= 11 is 0. The zero-order valence-electron chi connectivity index (χ0n) is 11.7. The Hall–Kier alpha value is -1.61. The summed E-state index contributed by atoms with van der Waals surface area (Å²) in [5.41, 5.74) is 2.54. The number of hydrogen-bond donors (Lipinski definition) is 0. The molecule has 1 aromatic heterocycles. The molecule has 0 N–H and O–H groups in total. The van der Waals surface area contributed by atoms with E-state index >= 15 is 0 Å². The van der Waals surface area contributed by atoms with Gasteiger partial charge in [0.1, 0.15) is 5.76 Å². The standard InChI is InChI=1S/C16H20O3/c1-10-5-6-14(18-4)11(2)8-13(17)16-12(3)9-19-15(16)7-10/h5-6,9,11,14H,1,7-8H2,2-4H3/b6-5+/t11-,14-/m1/s1. The van der Waals surface area contributed by atoms with Gasteiger partial charge < -0.3 is 9.15 Å². The lowest BCUT2D eigenvalue weighted by atomic mass is 9.90. The Morgan fingerprint density at radius 1 is 1.47 bits per heavy atom. The zero-order valence-corrected chi connectivity index (χ0v) is 11.7. The quantitative estimate of drug-likeness (QED) is 0.776. The van der Waals surface area contributed by atoms with Crippen molar-refractivity contribution in [2.24, 2.45) is 5.92 Å². The third-order valence-corrected chi connectivity index (χ3v) is 3.58. The minimum Gasteiger partial charge on any atom is -0.468 e. The largest absolute Gasteiger partial charge is 0.468 e. The first-order valence-electron chi connectivity index (χ1n) is 6.52. The number of aryl methyl sites for hydroxylation is 1. The first-order chi connectivity index (χ1) is 9.02. The molecule has 0 radical (unpaired) electrons. The number of furan rings is 1. The molecule has 0 bridgehead atoms. The molecular formula is C16H20O3. The van der Waals surface area contributed by atoms with Crippen LogP contribution < -0.4 is 0 Å². The highest BCUT2D eigenvalue weighted by Gasteiger charge is 2.24. The van der Waals surface area contributed by atoms with Gasteiger partial charge in [-0.25, -0.2) is 0 Å². The summed E-state index contributed by atoms with van der Waals surface area (Å²) < 4.78 is 10.9. The van der Waals surface area contributed by atoms with Crippen LogP contribution in [0.5, 0.6) is 0 Å². The Kier molecular flexibility index (Phi) is 4.05. The number of carbonyl (C=O) groups is 1. The fourth-order valence-corrected chi connectivity index (χ4v) is 2.51. The number of rotatable bonds is 1. The summed E-state index contributed by atoms with van der Waals surface area (Å²) in [6.07, 6.45) is 6.55. The molecule has 102 valence electrons. The first-order valence-corrected chi connectivity index (χ1v) is 6.52. The van der Waals surface area contributed by atoms with E-state index in [0.29, 0.717) is 12.8 Å². The van der Waals surface area contributed by atoms with Gasteiger partial charge >= 0.3 is 0 Å². The van der Waals surface area contributed by atoms with Crippen molar-refractivity contribution in [2.75, 3.05) is 7.11 Å². The van der Waals surface area contributed by atoms with Crippen LogP contribution in [0.4, 0.5) is 0 Å². The van der Waals surface area contributed by atoms with Crippen LogP contribution in [0.3, 0.4) is 0 Å². The van der Waals surface area contributed by atoms with Crippen LogP contribution >= 0.6 is 0 Å². The molecule has 19 heavy (non-hydrogen) atoms. The number of methoxy groups -OCH3 is 1. The smallest absolute Gasteiger partial charge is 0.167 e. The summed E-state index contributed by atoms with van der Waals surface area (Å²) in [5, 5.41) is 0. The van der Waals surface area contributed by atoms with Crippen molar-refractivity contribution in [3.8, 4) is 0 Å². The first kappa shape index (κ1) is 13.8. The highest BCUT2D eigenvalue weighted by atomic mass is 16.5. The van der Waals surface area contributed by atoms with Gasteiger partial charge in [-0.15, -0.1) is 0 Å². The number of ketones is 1. The normalized spacial score (nSPS) is 26.1. The van der Waals surface area contributed by atoms with Crippen molar-refractivity contribution in [1.29, 1.82) is 0 Å². The lowest BCUT2D eigenvalue weighted by Gasteiger charge is -2.20. The third-order valence-electron chi connectivity index (χ3n) is 3.58. The molecule has 1 heterocycles. The molecule has 3 nitrogen and oxygen atoms in total. The molecular weight excluding hydrogens is 240 g/mol. The molecule has 0 spiro atoms. The average molecular weight is 260 g/mol. The molecule has 0 saturated heterocycles. The maximum Gasteiger partial charge on any atom is 0.167 e. The molecule has 0 aliphatic heterocycles. The highest BCUT2D eigenvalue weighted by molar-refractivity contribution is 5.98. The van der Waals surface area contributed by atoms with Gasteiger partial charge in [-0.2, -0.15) is 0 Å². The van der Waals surface area contributed by atoms with Crippen LogP contribution in [0.25, 0.3) is 0 Å². The van der Waals surface area contributed by atoms with Crippen molar-refractivity contribution in [1.82, 2.24) is 0 Å². The molecule has 0 saturated carbocycles. The minimum atomic E-state index is -0.0607. The maximum absolute atomic E-state index is 12.4. The highest BCUT2D eigenvalue weighted by Crippen LogP contribution is 2.26. The second-order valence-corrected chi connectivity index (χ2v) is 5.22. The number of carbonyl (C=O) groups excluding carboxylic acids is 1. The molecule has 1 aliphatic carbocycles. The van der Waals surface area contributed by atoms with Crippen molar-refractivity contribution < 1.29 is 13.9 Å². The van der Waals surface area contributed by atoms with Crippen LogP contribution in [0.1, 0.15) is 35.0 Å². The van der Waals surface area contributed by atoms with Crippen LogP contribution in [0.2, 0.25) is 0 Å². The second-order valence-electron chi connectivity index (χ2n) is 5.22. The number of allylic oxidation sites excluding steroid dienone is 2. The van der Waals surface area contributed by atoms with E-state index < -0.39 is 0 Å². The van der Waals surface area contributed by atoms with Crippen LogP contribution in [-0.2, 0) is 11.2 Å². The SMILES string of the molecule is C=C1/C=C/[C@@H](OC)[C@H](C)CC(=O)c2c(C)coc2C1. The molecule has 3 heteroatoms. The Morgan fingerprint density at radius 2 is 2.21 bits per heavy atom. The van der Waals surface area contributed by atoms with Crippen LogP contribution in [0.15, 0.2) is 35.0 Å². The summed E-state index contributed by atoms with van der Waals surface area (Å²) in [7, 11) is 1.67. The zero-order chi connectivity index (χ0) is 14.0. The predicted molar refractivity (Wildman–Crippen MR) is 74.3 cm³/mol. The van der Waals surface area contributed by atoms with E-state index in [-0.39, 0.29) is 17.8 Å². The summed E-state index contributed by atoms with van der Waals surface area (Å²) in [5.74, 6) is 0.973. The Balaban J connectivity index is 2.40. The monoisotopic (exact) mass is 260 g/mol. The predicted octanol–water partition coefficient (Wildman–Crippen LogP) is 3.48. The van der Waals surface area contributed by atoms with Gasteiger partial charge in [0.25, 0.3) is 0 Å². The Morgan fingerprint density at radius 3 is 2.89 bits per heavy atom. The molecule has 1 aromatic rings. The number of Topliss-reactive ketones (excluding diaryl/α,β-unsaturated/α-hetero) is 1. The van der Waals surface area contributed by atoms with Crippen molar-refractivity contribution in [3.63, 3.8) is 0 Å². The minimum absolute atomic E-state index is 0.0607. The fourth-order valence-electron chi connectivity index (χ4n) is 2.51.